The summed E-state index contributed by atoms with van der Waals surface area (Å²) in [5.74, 6) is -1.45. The van der Waals surface area contributed by atoms with Crippen LogP contribution in [-0.4, -0.2) is 37.7 Å². The van der Waals surface area contributed by atoms with Crippen molar-refractivity contribution in [1.82, 2.24) is 10.7 Å². The van der Waals surface area contributed by atoms with Crippen molar-refractivity contribution in [3.63, 3.8) is 0 Å². The Morgan fingerprint density at radius 2 is 1.64 bits per heavy atom. The van der Waals surface area contributed by atoms with Crippen LogP contribution in [0.25, 0.3) is 0 Å². The first-order valence-electron chi connectivity index (χ1n) is 11.3. The number of rotatable bonds is 10. The molecule has 3 N–H and O–H groups in total. The van der Waals surface area contributed by atoms with Gasteiger partial charge in [-0.2, -0.15) is 5.10 Å². The van der Waals surface area contributed by atoms with Gasteiger partial charge in [-0.25, -0.2) is 5.43 Å². The van der Waals surface area contributed by atoms with Crippen LogP contribution >= 0.6 is 0 Å². The van der Waals surface area contributed by atoms with Gasteiger partial charge in [0.05, 0.1) is 13.3 Å². The summed E-state index contributed by atoms with van der Waals surface area (Å²) in [6, 6.07) is 21.8. The third kappa shape index (κ3) is 7.69. The van der Waals surface area contributed by atoms with Crippen molar-refractivity contribution in [2.24, 2.45) is 5.10 Å². The van der Waals surface area contributed by atoms with Crippen LogP contribution in [0.4, 0.5) is 5.69 Å². The fourth-order valence-electron chi connectivity index (χ4n) is 3.16. The van der Waals surface area contributed by atoms with E-state index in [2.05, 4.69) is 21.2 Å². The van der Waals surface area contributed by atoms with E-state index in [1.165, 1.54) is 13.3 Å². The van der Waals surface area contributed by atoms with E-state index in [0.717, 1.165) is 17.5 Å². The van der Waals surface area contributed by atoms with Gasteiger partial charge in [-0.3, -0.25) is 14.4 Å². The lowest BCUT2D eigenvalue weighted by molar-refractivity contribution is -0.136. The van der Waals surface area contributed by atoms with E-state index in [-0.39, 0.29) is 18.3 Å². The van der Waals surface area contributed by atoms with Gasteiger partial charge in [0.15, 0.2) is 18.1 Å². The molecule has 0 unspecified atom stereocenters. The van der Waals surface area contributed by atoms with Crippen molar-refractivity contribution in [3.8, 4) is 11.5 Å². The first kappa shape index (κ1) is 26.0. The number of anilines is 1. The third-order valence-corrected chi connectivity index (χ3v) is 5.11. The van der Waals surface area contributed by atoms with Crippen LogP contribution in [0.15, 0.2) is 77.9 Å². The summed E-state index contributed by atoms with van der Waals surface area (Å²) < 4.78 is 11.0. The Morgan fingerprint density at radius 1 is 0.889 bits per heavy atom. The number of carbonyl (C=O) groups is 3. The molecule has 0 radical (unpaired) electrons. The van der Waals surface area contributed by atoms with Crippen molar-refractivity contribution in [2.45, 2.75) is 19.9 Å². The summed E-state index contributed by atoms with van der Waals surface area (Å²) in [6.07, 6.45) is 2.18. The number of benzene rings is 3. The second-order valence-electron chi connectivity index (χ2n) is 7.63. The van der Waals surface area contributed by atoms with Gasteiger partial charge >= 0.3 is 11.8 Å². The van der Waals surface area contributed by atoms with Crippen LogP contribution < -0.4 is 25.5 Å². The highest BCUT2D eigenvalue weighted by Crippen LogP contribution is 2.30. The lowest BCUT2D eigenvalue weighted by Gasteiger charge is -2.13. The van der Waals surface area contributed by atoms with E-state index in [4.69, 9.17) is 9.47 Å². The molecule has 3 aromatic rings. The molecule has 0 aliphatic carbocycles. The van der Waals surface area contributed by atoms with Gasteiger partial charge in [-0.15, -0.1) is 0 Å². The Kier molecular flexibility index (Phi) is 9.58. The summed E-state index contributed by atoms with van der Waals surface area (Å²) in [5.41, 5.74) is 5.22. The number of methoxy groups -OCH3 is 1. The molecule has 0 aliphatic rings. The number of ether oxygens (including phenoxy) is 2. The first-order chi connectivity index (χ1) is 17.5. The highest BCUT2D eigenvalue weighted by Gasteiger charge is 2.14. The zero-order valence-corrected chi connectivity index (χ0v) is 20.1. The maximum absolute atomic E-state index is 12.3. The van der Waals surface area contributed by atoms with E-state index in [1.54, 1.807) is 30.3 Å². The number of hydrazone groups is 1. The van der Waals surface area contributed by atoms with Crippen molar-refractivity contribution in [2.75, 3.05) is 19.0 Å². The summed E-state index contributed by atoms with van der Waals surface area (Å²) in [6.45, 7) is 2.15. The van der Waals surface area contributed by atoms with Crippen molar-refractivity contribution < 1.29 is 23.9 Å². The van der Waals surface area contributed by atoms with Crippen LogP contribution in [0.5, 0.6) is 11.5 Å². The van der Waals surface area contributed by atoms with Crippen molar-refractivity contribution in [1.29, 1.82) is 0 Å². The van der Waals surface area contributed by atoms with Gasteiger partial charge in [0.1, 0.15) is 0 Å². The number of amides is 3. The number of aryl methyl sites for hydroxylation is 1. The van der Waals surface area contributed by atoms with Gasteiger partial charge in [-0.1, -0.05) is 55.5 Å². The fraction of sp³-hybridized carbons (Fsp3) is 0.185. The molecule has 0 aromatic heterocycles. The Hall–Kier alpha value is -4.66. The molecule has 0 atom stereocenters. The van der Waals surface area contributed by atoms with E-state index in [0.29, 0.717) is 23.5 Å². The molecule has 0 saturated heterocycles. The Bertz CT molecular complexity index is 1210. The second kappa shape index (κ2) is 13.3. The smallest absolute Gasteiger partial charge is 0.329 e. The number of hydrogen-bond acceptors (Lipinski definition) is 6. The highest BCUT2D eigenvalue weighted by atomic mass is 16.5. The standard InChI is InChI=1S/C27H28N4O5/c1-3-19-12-14-22(15-13-19)30-26(33)27(34)31-29-17-21-10-7-11-23(35-2)25(21)36-18-24(32)28-16-20-8-5-4-6-9-20/h4-15,17H,3,16,18H2,1-2H3,(H,28,32)(H,30,33)(H,31,34)/b29-17-. The van der Waals surface area contributed by atoms with E-state index >= 15 is 0 Å². The average Bonchev–Trinajstić information content (AvgIpc) is 2.91. The van der Waals surface area contributed by atoms with E-state index in [9.17, 15) is 14.4 Å². The van der Waals surface area contributed by atoms with Crippen molar-refractivity contribution in [3.05, 3.63) is 89.5 Å². The van der Waals surface area contributed by atoms with Crippen molar-refractivity contribution >= 4 is 29.6 Å². The number of carbonyl (C=O) groups excluding carboxylic acids is 3. The number of nitrogens with zero attached hydrogens (tertiary/aromatic N) is 1. The normalized spacial score (nSPS) is 10.5. The quantitative estimate of drug-likeness (QED) is 0.230. The molecule has 0 spiro atoms. The average molecular weight is 489 g/mol. The van der Waals surface area contributed by atoms with Gasteiger partial charge in [0.2, 0.25) is 0 Å². The molecule has 0 heterocycles. The second-order valence-corrected chi connectivity index (χ2v) is 7.63. The Labute approximate surface area is 209 Å². The molecule has 0 fully saturated rings. The molecule has 0 bridgehead atoms. The van der Waals surface area contributed by atoms with Gasteiger partial charge in [-0.05, 0) is 41.8 Å². The minimum Gasteiger partial charge on any atom is -0.493 e. The number of nitrogens with one attached hydrogen (secondary N) is 3. The van der Waals surface area contributed by atoms with E-state index < -0.39 is 11.8 Å². The molecule has 0 aliphatic heterocycles. The SMILES string of the molecule is CCc1ccc(NC(=O)C(=O)N/N=C\c2cccc(OC)c2OCC(=O)NCc2ccccc2)cc1. The number of para-hydroxylation sites is 1. The minimum atomic E-state index is -0.934. The number of hydrogen-bond donors (Lipinski definition) is 3. The van der Waals surface area contributed by atoms with Crippen LogP contribution in [-0.2, 0) is 27.3 Å². The zero-order valence-electron chi connectivity index (χ0n) is 20.1. The summed E-state index contributed by atoms with van der Waals surface area (Å²) in [7, 11) is 1.47. The van der Waals surface area contributed by atoms with Gasteiger partial charge < -0.3 is 20.1 Å². The van der Waals surface area contributed by atoms with E-state index in [1.807, 2.05) is 49.4 Å². The molecule has 3 amide bonds. The lowest BCUT2D eigenvalue weighted by Crippen LogP contribution is -2.32. The Morgan fingerprint density at radius 3 is 2.33 bits per heavy atom. The molecule has 9 heteroatoms. The van der Waals surface area contributed by atoms with Crippen LogP contribution in [0.3, 0.4) is 0 Å². The largest absolute Gasteiger partial charge is 0.493 e. The van der Waals surface area contributed by atoms with Gasteiger partial charge in [0, 0.05) is 17.8 Å². The predicted octanol–water partition coefficient (Wildman–Crippen LogP) is 3.04. The van der Waals surface area contributed by atoms with Gasteiger partial charge in [0.25, 0.3) is 5.91 Å². The molecular formula is C27H28N4O5. The molecule has 0 saturated carbocycles. The summed E-state index contributed by atoms with van der Waals surface area (Å²) in [5, 5.41) is 9.15. The maximum atomic E-state index is 12.3. The minimum absolute atomic E-state index is 0.250. The lowest BCUT2D eigenvalue weighted by atomic mass is 10.1. The van der Waals surface area contributed by atoms with Crippen LogP contribution in [0.1, 0.15) is 23.6 Å². The molecular weight excluding hydrogens is 460 g/mol. The maximum Gasteiger partial charge on any atom is 0.329 e. The third-order valence-electron chi connectivity index (χ3n) is 5.11. The predicted molar refractivity (Wildman–Crippen MR) is 137 cm³/mol. The highest BCUT2D eigenvalue weighted by molar-refractivity contribution is 6.39. The zero-order chi connectivity index (χ0) is 25.8. The summed E-state index contributed by atoms with van der Waals surface area (Å²) in [4.78, 5) is 36.5. The molecule has 9 nitrogen and oxygen atoms in total. The molecule has 36 heavy (non-hydrogen) atoms. The fourth-order valence-corrected chi connectivity index (χ4v) is 3.16. The summed E-state index contributed by atoms with van der Waals surface area (Å²) >= 11 is 0. The topological polar surface area (TPSA) is 118 Å². The molecule has 3 rings (SSSR count). The first-order valence-corrected chi connectivity index (χ1v) is 11.3. The van der Waals surface area contributed by atoms with Crippen LogP contribution in [0, 0.1) is 0 Å². The van der Waals surface area contributed by atoms with Crippen LogP contribution in [0.2, 0.25) is 0 Å². The Balaban J connectivity index is 1.57. The molecule has 186 valence electrons. The monoisotopic (exact) mass is 488 g/mol. The molecule has 3 aromatic carbocycles.